The molecule has 1 aliphatic rings. The normalized spacial score (nSPS) is 14.8. The Morgan fingerprint density at radius 3 is 1.87 bits per heavy atom. The van der Waals surface area contributed by atoms with Gasteiger partial charge in [-0.25, -0.2) is 4.90 Å². The van der Waals surface area contributed by atoms with Crippen molar-refractivity contribution in [3.63, 3.8) is 0 Å². The van der Waals surface area contributed by atoms with E-state index in [0.717, 1.165) is 17.7 Å². The zero-order valence-corrected chi connectivity index (χ0v) is 15.3. The highest BCUT2D eigenvalue weighted by Gasteiger charge is 2.10. The molecule has 0 aromatic heterocycles. The second-order valence-corrected chi connectivity index (χ2v) is 6.91. The smallest absolute Gasteiger partial charge is 0.242 e. The molecule has 0 saturated carbocycles. The van der Waals surface area contributed by atoms with E-state index in [2.05, 4.69) is 19.2 Å². The van der Waals surface area contributed by atoms with Crippen molar-refractivity contribution in [1.29, 1.82) is 0 Å². The van der Waals surface area contributed by atoms with E-state index in [9.17, 15) is 5.21 Å². The van der Waals surface area contributed by atoms with Crippen LogP contribution in [0.5, 0.6) is 0 Å². The fourth-order valence-corrected chi connectivity index (χ4v) is 3.10. The zero-order valence-electron chi connectivity index (χ0n) is 15.3. The van der Waals surface area contributed by atoms with Gasteiger partial charge >= 0.3 is 0 Å². The third kappa shape index (κ3) is 12.1. The SMILES string of the molecule is CCCCCCCCCCCCCCCC=CN1C=[N+]([O-])CC1. The molecule has 23 heavy (non-hydrogen) atoms. The van der Waals surface area contributed by atoms with Crippen molar-refractivity contribution in [3.05, 3.63) is 17.5 Å². The third-order valence-electron chi connectivity index (χ3n) is 4.63. The molecule has 0 spiro atoms. The molecule has 0 amide bonds. The van der Waals surface area contributed by atoms with Gasteiger partial charge in [-0.05, 0) is 18.9 Å². The van der Waals surface area contributed by atoms with Crippen molar-refractivity contribution in [2.75, 3.05) is 13.1 Å². The van der Waals surface area contributed by atoms with Crippen LogP contribution in [0.3, 0.4) is 0 Å². The molecule has 0 aromatic carbocycles. The second kappa shape index (κ2) is 14.6. The van der Waals surface area contributed by atoms with Crippen molar-refractivity contribution in [3.8, 4) is 0 Å². The van der Waals surface area contributed by atoms with E-state index in [4.69, 9.17) is 0 Å². The number of hydrogen-bond acceptors (Lipinski definition) is 2. The summed E-state index contributed by atoms with van der Waals surface area (Å²) in [6.07, 6.45) is 25.3. The van der Waals surface area contributed by atoms with Gasteiger partial charge in [-0.2, -0.15) is 0 Å². The molecule has 134 valence electrons. The number of unbranched alkanes of at least 4 members (excludes halogenated alkanes) is 13. The number of allylic oxidation sites excluding steroid dienone is 1. The van der Waals surface area contributed by atoms with Gasteiger partial charge < -0.3 is 5.21 Å². The predicted octanol–water partition coefficient (Wildman–Crippen LogP) is 5.84. The minimum absolute atomic E-state index is 0.600. The molecular formula is C20H38N2O. The first-order valence-corrected chi connectivity index (χ1v) is 10.0. The highest BCUT2D eigenvalue weighted by Crippen LogP contribution is 2.13. The minimum Gasteiger partial charge on any atom is -0.715 e. The Hall–Kier alpha value is -0.990. The van der Waals surface area contributed by atoms with Crippen LogP contribution >= 0.6 is 0 Å². The predicted molar refractivity (Wildman–Crippen MR) is 101 cm³/mol. The summed E-state index contributed by atoms with van der Waals surface area (Å²) < 4.78 is 0.996. The molecule has 1 heterocycles. The van der Waals surface area contributed by atoms with Crippen LogP contribution in [-0.4, -0.2) is 29.1 Å². The monoisotopic (exact) mass is 322 g/mol. The summed E-state index contributed by atoms with van der Waals surface area (Å²) >= 11 is 0. The number of rotatable bonds is 15. The molecule has 0 radical (unpaired) electrons. The molecule has 0 aliphatic carbocycles. The Morgan fingerprint density at radius 2 is 1.39 bits per heavy atom. The van der Waals surface area contributed by atoms with Crippen LogP contribution in [0.15, 0.2) is 12.3 Å². The maximum absolute atomic E-state index is 11.0. The van der Waals surface area contributed by atoms with Gasteiger partial charge in [0.25, 0.3) is 0 Å². The Kier molecular flexibility index (Phi) is 12.7. The van der Waals surface area contributed by atoms with E-state index >= 15 is 0 Å². The zero-order chi connectivity index (χ0) is 16.6. The lowest BCUT2D eigenvalue weighted by Crippen LogP contribution is -2.10. The van der Waals surface area contributed by atoms with Crippen LogP contribution in [0, 0.1) is 5.21 Å². The average Bonchev–Trinajstić information content (AvgIpc) is 2.96. The largest absolute Gasteiger partial charge is 0.715 e. The summed E-state index contributed by atoms with van der Waals surface area (Å²) in [7, 11) is 0. The molecule has 1 aliphatic heterocycles. The van der Waals surface area contributed by atoms with Crippen LogP contribution < -0.4 is 0 Å². The third-order valence-corrected chi connectivity index (χ3v) is 4.63. The summed E-state index contributed by atoms with van der Waals surface area (Å²) in [6.45, 7) is 3.71. The van der Waals surface area contributed by atoms with Crippen LogP contribution in [0.25, 0.3) is 0 Å². The fraction of sp³-hybridized carbons (Fsp3) is 0.850. The van der Waals surface area contributed by atoms with Gasteiger partial charge in [-0.15, -0.1) is 0 Å². The lowest BCUT2D eigenvalue weighted by Gasteiger charge is -2.02. The van der Waals surface area contributed by atoms with Crippen LogP contribution in [0.4, 0.5) is 0 Å². The molecule has 0 aromatic rings. The van der Waals surface area contributed by atoms with Crippen LogP contribution in [0.1, 0.15) is 96.8 Å². The molecule has 3 nitrogen and oxygen atoms in total. The van der Waals surface area contributed by atoms with E-state index in [1.807, 2.05) is 4.90 Å². The van der Waals surface area contributed by atoms with Gasteiger partial charge in [-0.3, -0.25) is 4.74 Å². The van der Waals surface area contributed by atoms with Crippen LogP contribution in [0.2, 0.25) is 0 Å². The van der Waals surface area contributed by atoms with Gasteiger partial charge in [0.2, 0.25) is 6.34 Å². The Balaban J connectivity index is 1.74. The Morgan fingerprint density at radius 1 is 0.870 bits per heavy atom. The first-order chi connectivity index (χ1) is 11.3. The summed E-state index contributed by atoms with van der Waals surface area (Å²) in [4.78, 5) is 1.98. The first kappa shape index (κ1) is 20.1. The van der Waals surface area contributed by atoms with Gasteiger partial charge in [0.05, 0.1) is 6.20 Å². The van der Waals surface area contributed by atoms with Crippen molar-refractivity contribution in [1.82, 2.24) is 4.90 Å². The van der Waals surface area contributed by atoms with Crippen molar-refractivity contribution in [2.24, 2.45) is 0 Å². The molecule has 0 N–H and O–H groups in total. The first-order valence-electron chi connectivity index (χ1n) is 10.0. The quantitative estimate of drug-likeness (QED) is 0.215. The standard InChI is InChI=1S/C20H38N2O/c1-2-3-4-5-6-7-8-9-10-11-12-13-14-15-16-17-21-18-19-22(23)20-21/h16-17,20H,2-15,18-19H2,1H3. The molecule has 0 saturated heterocycles. The number of hydroxylamine groups is 1. The molecule has 1 rings (SSSR count). The highest BCUT2D eigenvalue weighted by atomic mass is 16.5. The second-order valence-electron chi connectivity index (χ2n) is 6.91. The number of hydrogen-bond donors (Lipinski definition) is 0. The van der Waals surface area contributed by atoms with E-state index in [0.29, 0.717) is 6.54 Å². The van der Waals surface area contributed by atoms with E-state index < -0.39 is 0 Å². The number of nitrogens with zero attached hydrogens (tertiary/aromatic N) is 2. The van der Waals surface area contributed by atoms with E-state index in [-0.39, 0.29) is 0 Å². The van der Waals surface area contributed by atoms with Crippen molar-refractivity contribution in [2.45, 2.75) is 96.8 Å². The Labute approximate surface area is 144 Å². The summed E-state index contributed by atoms with van der Waals surface area (Å²) in [5.41, 5.74) is 0. The molecular weight excluding hydrogens is 284 g/mol. The summed E-state index contributed by atoms with van der Waals surface area (Å²) in [5.74, 6) is 0. The van der Waals surface area contributed by atoms with E-state index in [1.165, 1.54) is 83.5 Å². The van der Waals surface area contributed by atoms with Gasteiger partial charge in [-0.1, -0.05) is 84.0 Å². The Bertz CT molecular complexity index is 326. The van der Waals surface area contributed by atoms with Gasteiger partial charge in [0.15, 0.2) is 0 Å². The molecule has 3 heteroatoms. The maximum atomic E-state index is 11.0. The molecule has 0 bridgehead atoms. The van der Waals surface area contributed by atoms with E-state index in [1.54, 1.807) is 6.34 Å². The van der Waals surface area contributed by atoms with Gasteiger partial charge in [0, 0.05) is 0 Å². The average molecular weight is 323 g/mol. The van der Waals surface area contributed by atoms with Crippen molar-refractivity contribution >= 4 is 6.34 Å². The summed E-state index contributed by atoms with van der Waals surface area (Å²) in [5, 5.41) is 11.0. The minimum atomic E-state index is 0.600. The summed E-state index contributed by atoms with van der Waals surface area (Å²) in [6, 6.07) is 0. The highest BCUT2D eigenvalue weighted by molar-refractivity contribution is 5.52. The van der Waals surface area contributed by atoms with Crippen LogP contribution in [-0.2, 0) is 0 Å². The molecule has 0 atom stereocenters. The van der Waals surface area contributed by atoms with Crippen molar-refractivity contribution < 1.29 is 4.74 Å². The van der Waals surface area contributed by atoms with Gasteiger partial charge in [0.1, 0.15) is 13.1 Å². The topological polar surface area (TPSA) is 29.3 Å². The lowest BCUT2D eigenvalue weighted by molar-refractivity contribution is -0.441. The lowest BCUT2D eigenvalue weighted by atomic mass is 10.0. The molecule has 0 unspecified atom stereocenters. The fourth-order valence-electron chi connectivity index (χ4n) is 3.10. The maximum Gasteiger partial charge on any atom is 0.242 e. The molecule has 0 fully saturated rings.